The Morgan fingerprint density at radius 1 is 1.08 bits per heavy atom. The molecule has 1 heterocycles. The molecule has 1 amide bonds. The Kier molecular flexibility index (Phi) is 9.59. The van der Waals surface area contributed by atoms with Crippen molar-refractivity contribution in [1.29, 1.82) is 5.26 Å². The Morgan fingerprint density at radius 2 is 1.86 bits per heavy atom. The van der Waals surface area contributed by atoms with Crippen molar-refractivity contribution >= 4 is 38.3 Å². The number of rotatable bonds is 12. The van der Waals surface area contributed by atoms with Gasteiger partial charge in [-0.2, -0.15) is 5.26 Å². The van der Waals surface area contributed by atoms with Gasteiger partial charge in [0.25, 0.3) is 5.91 Å². The molecule has 0 aliphatic rings. The molecule has 0 bridgehead atoms. The van der Waals surface area contributed by atoms with Gasteiger partial charge in [-0.15, -0.1) is 10.2 Å². The number of hydrogen-bond acceptors (Lipinski definition) is 10. The highest BCUT2D eigenvalue weighted by Crippen LogP contribution is 2.30. The zero-order valence-electron chi connectivity index (χ0n) is 20.6. The first kappa shape index (κ1) is 27.6. The molecule has 0 fully saturated rings. The molecular formula is C25H26N4O6S2. The van der Waals surface area contributed by atoms with Gasteiger partial charge in [0.2, 0.25) is 19.3 Å². The highest BCUT2D eigenvalue weighted by molar-refractivity contribution is 7.93. The van der Waals surface area contributed by atoms with Gasteiger partial charge in [0, 0.05) is 0 Å². The summed E-state index contributed by atoms with van der Waals surface area (Å²) in [6.07, 6.45) is 1.38. The van der Waals surface area contributed by atoms with Crippen LogP contribution in [0.3, 0.4) is 0 Å². The molecule has 3 aromatic rings. The van der Waals surface area contributed by atoms with Crippen LogP contribution in [0.5, 0.6) is 17.2 Å². The molecule has 12 heteroatoms. The van der Waals surface area contributed by atoms with Gasteiger partial charge in [-0.05, 0) is 55.3 Å². The average Bonchev–Trinajstić information content (AvgIpc) is 3.35. The molecule has 194 valence electrons. The van der Waals surface area contributed by atoms with Crippen LogP contribution in [-0.4, -0.2) is 50.1 Å². The molecular weight excluding hydrogens is 516 g/mol. The second-order valence-corrected chi connectivity index (χ2v) is 11.0. The van der Waals surface area contributed by atoms with Gasteiger partial charge >= 0.3 is 0 Å². The van der Waals surface area contributed by atoms with Crippen molar-refractivity contribution < 1.29 is 27.4 Å². The molecule has 0 spiro atoms. The maximum atomic E-state index is 12.6. The van der Waals surface area contributed by atoms with E-state index in [1.54, 1.807) is 18.2 Å². The van der Waals surface area contributed by atoms with Gasteiger partial charge in [-0.3, -0.25) is 10.1 Å². The van der Waals surface area contributed by atoms with Crippen LogP contribution >= 0.6 is 11.3 Å². The van der Waals surface area contributed by atoms with E-state index in [9.17, 15) is 18.5 Å². The summed E-state index contributed by atoms with van der Waals surface area (Å²) in [5.41, 5.74) is 1.42. The zero-order chi connectivity index (χ0) is 26.8. The van der Waals surface area contributed by atoms with Gasteiger partial charge in [0.1, 0.15) is 30.6 Å². The van der Waals surface area contributed by atoms with Crippen molar-refractivity contribution in [3.05, 3.63) is 59.2 Å². The molecule has 3 rings (SSSR count). The fourth-order valence-electron chi connectivity index (χ4n) is 3.01. The van der Waals surface area contributed by atoms with Crippen molar-refractivity contribution in [3.63, 3.8) is 0 Å². The first-order chi connectivity index (χ1) is 17.7. The topological polar surface area (TPSA) is 140 Å². The fourth-order valence-corrected chi connectivity index (χ4v) is 4.99. The SMILES string of the molecule is CCOc1cc(C=C(C#N)C(=O)Nc2nnc(S(=O)(=O)CC)s2)ccc1OCCOc1cccc(C)c1. The van der Waals surface area contributed by atoms with Crippen LogP contribution in [0.2, 0.25) is 0 Å². The lowest BCUT2D eigenvalue weighted by molar-refractivity contribution is -0.112. The number of nitrogens with zero attached hydrogens (tertiary/aromatic N) is 3. The molecule has 0 atom stereocenters. The molecule has 1 aromatic heterocycles. The lowest BCUT2D eigenvalue weighted by Crippen LogP contribution is -2.13. The summed E-state index contributed by atoms with van der Waals surface area (Å²) in [5, 5.41) is 19.2. The minimum absolute atomic E-state index is 0.0233. The van der Waals surface area contributed by atoms with Crippen molar-refractivity contribution in [1.82, 2.24) is 10.2 Å². The Balaban J connectivity index is 1.68. The summed E-state index contributed by atoms with van der Waals surface area (Å²) in [5.74, 6) is 0.816. The van der Waals surface area contributed by atoms with Crippen LogP contribution in [0, 0.1) is 18.3 Å². The number of carbonyl (C=O) groups is 1. The monoisotopic (exact) mass is 542 g/mol. The Morgan fingerprint density at radius 3 is 2.57 bits per heavy atom. The smallest absolute Gasteiger partial charge is 0.268 e. The van der Waals surface area contributed by atoms with Gasteiger partial charge in [-0.25, -0.2) is 8.42 Å². The number of nitriles is 1. The normalized spacial score (nSPS) is 11.5. The summed E-state index contributed by atoms with van der Waals surface area (Å²) >= 11 is 0.721. The fraction of sp³-hybridized carbons (Fsp3) is 0.280. The minimum atomic E-state index is -3.55. The van der Waals surface area contributed by atoms with Gasteiger partial charge < -0.3 is 14.2 Å². The third-order valence-corrected chi connectivity index (χ3v) is 7.83. The Hall–Kier alpha value is -3.95. The third kappa shape index (κ3) is 7.77. The van der Waals surface area contributed by atoms with E-state index in [4.69, 9.17) is 14.2 Å². The number of anilines is 1. The van der Waals surface area contributed by atoms with Crippen LogP contribution < -0.4 is 19.5 Å². The molecule has 0 unspecified atom stereocenters. The number of aromatic nitrogens is 2. The molecule has 0 radical (unpaired) electrons. The standard InChI is InChI=1S/C25H26N4O6S2/c1-4-33-22-15-18(9-10-21(22)35-12-11-34-20-8-6-7-17(3)13-20)14-19(16-26)23(30)27-24-28-29-25(36-24)37(31,32)5-2/h6-10,13-15H,4-5,11-12H2,1-3H3,(H,27,28,30). The summed E-state index contributed by atoms with van der Waals surface area (Å²) in [6, 6.07) is 14.6. The van der Waals surface area contributed by atoms with E-state index in [0.717, 1.165) is 22.6 Å². The second-order valence-electron chi connectivity index (χ2n) is 7.55. The van der Waals surface area contributed by atoms with E-state index in [1.165, 1.54) is 13.0 Å². The lowest BCUT2D eigenvalue weighted by Gasteiger charge is -2.13. The largest absolute Gasteiger partial charge is 0.490 e. The number of nitrogens with one attached hydrogen (secondary N) is 1. The summed E-state index contributed by atoms with van der Waals surface area (Å²) in [4.78, 5) is 12.6. The lowest BCUT2D eigenvalue weighted by atomic mass is 10.1. The molecule has 0 saturated heterocycles. The first-order valence-corrected chi connectivity index (χ1v) is 13.8. The van der Waals surface area contributed by atoms with Crippen LogP contribution in [-0.2, 0) is 14.6 Å². The van der Waals surface area contributed by atoms with E-state index in [1.807, 2.05) is 44.2 Å². The number of carbonyl (C=O) groups excluding carboxylic acids is 1. The number of aryl methyl sites for hydroxylation is 1. The summed E-state index contributed by atoms with van der Waals surface area (Å²) < 4.78 is 40.8. The predicted octanol–water partition coefficient (Wildman–Crippen LogP) is 4.04. The quantitative estimate of drug-likeness (QED) is 0.155. The average molecular weight is 543 g/mol. The van der Waals surface area contributed by atoms with Crippen LogP contribution in [0.4, 0.5) is 5.13 Å². The predicted molar refractivity (Wildman–Crippen MR) is 140 cm³/mol. The van der Waals surface area contributed by atoms with E-state index in [2.05, 4.69) is 15.5 Å². The molecule has 37 heavy (non-hydrogen) atoms. The molecule has 1 N–H and O–H groups in total. The minimum Gasteiger partial charge on any atom is -0.490 e. The van der Waals surface area contributed by atoms with E-state index < -0.39 is 15.7 Å². The first-order valence-electron chi connectivity index (χ1n) is 11.3. The third-order valence-electron chi connectivity index (χ3n) is 4.82. The number of sulfone groups is 1. The van der Waals surface area contributed by atoms with Gasteiger partial charge in [0.15, 0.2) is 11.5 Å². The Bertz CT molecular complexity index is 1430. The summed E-state index contributed by atoms with van der Waals surface area (Å²) in [7, 11) is -3.55. The maximum absolute atomic E-state index is 12.6. The second kappa shape index (κ2) is 12.8. The van der Waals surface area contributed by atoms with Crippen LogP contribution in [0.15, 0.2) is 52.4 Å². The molecule has 10 nitrogen and oxygen atoms in total. The van der Waals surface area contributed by atoms with Crippen molar-refractivity contribution in [2.75, 3.05) is 30.9 Å². The number of ether oxygens (including phenoxy) is 3. The van der Waals surface area contributed by atoms with E-state index >= 15 is 0 Å². The number of benzene rings is 2. The highest BCUT2D eigenvalue weighted by atomic mass is 32.2. The van der Waals surface area contributed by atoms with E-state index in [-0.39, 0.29) is 27.4 Å². The molecule has 0 aliphatic heterocycles. The molecule has 2 aromatic carbocycles. The van der Waals surface area contributed by atoms with E-state index in [0.29, 0.717) is 30.3 Å². The number of amides is 1. The van der Waals surface area contributed by atoms with Gasteiger partial charge in [-0.1, -0.05) is 36.5 Å². The van der Waals surface area contributed by atoms with Crippen LogP contribution in [0.25, 0.3) is 6.08 Å². The van der Waals surface area contributed by atoms with Crippen molar-refractivity contribution in [2.45, 2.75) is 25.1 Å². The van der Waals surface area contributed by atoms with Crippen molar-refractivity contribution in [3.8, 4) is 23.3 Å². The summed E-state index contributed by atoms with van der Waals surface area (Å²) in [6.45, 7) is 6.30. The zero-order valence-corrected chi connectivity index (χ0v) is 22.2. The number of hydrogen-bond donors (Lipinski definition) is 1. The van der Waals surface area contributed by atoms with Crippen LogP contribution in [0.1, 0.15) is 25.0 Å². The maximum Gasteiger partial charge on any atom is 0.268 e. The van der Waals surface area contributed by atoms with Crippen molar-refractivity contribution in [2.24, 2.45) is 0 Å². The highest BCUT2D eigenvalue weighted by Gasteiger charge is 2.20. The Labute approximate surface area is 219 Å². The molecule has 0 saturated carbocycles. The van der Waals surface area contributed by atoms with Gasteiger partial charge in [0.05, 0.1) is 12.4 Å². The molecule has 0 aliphatic carbocycles.